The van der Waals surface area contributed by atoms with Gasteiger partial charge in [-0.1, -0.05) is 12.1 Å². The maximum atomic E-state index is 13.2. The van der Waals surface area contributed by atoms with Crippen LogP contribution in [0.4, 0.5) is 4.39 Å². The fourth-order valence-corrected chi connectivity index (χ4v) is 1.55. The SMILES string of the molecule is COC(=O)C1COc2c(F)cccc21. The molecule has 1 aliphatic heterocycles. The number of methoxy groups -OCH3 is 1. The summed E-state index contributed by atoms with van der Waals surface area (Å²) in [6.45, 7) is 0.156. The van der Waals surface area contributed by atoms with Gasteiger partial charge in [0.05, 0.1) is 7.11 Å². The van der Waals surface area contributed by atoms with Gasteiger partial charge in [0, 0.05) is 5.56 Å². The summed E-state index contributed by atoms with van der Waals surface area (Å²) in [5, 5.41) is 0. The molecule has 0 radical (unpaired) electrons. The number of benzene rings is 1. The summed E-state index contributed by atoms with van der Waals surface area (Å²) in [6.07, 6.45) is 0. The summed E-state index contributed by atoms with van der Waals surface area (Å²) in [6, 6.07) is 4.53. The smallest absolute Gasteiger partial charge is 0.316 e. The summed E-state index contributed by atoms with van der Waals surface area (Å²) >= 11 is 0. The molecular formula is C10H9FO3. The third kappa shape index (κ3) is 1.23. The molecule has 14 heavy (non-hydrogen) atoms. The van der Waals surface area contributed by atoms with E-state index < -0.39 is 17.7 Å². The van der Waals surface area contributed by atoms with E-state index in [4.69, 9.17) is 4.74 Å². The van der Waals surface area contributed by atoms with Crippen molar-refractivity contribution < 1.29 is 18.7 Å². The summed E-state index contributed by atoms with van der Waals surface area (Å²) in [5.41, 5.74) is 0.567. The van der Waals surface area contributed by atoms with Crippen molar-refractivity contribution in [1.82, 2.24) is 0 Å². The quantitative estimate of drug-likeness (QED) is 0.638. The number of hydrogen-bond acceptors (Lipinski definition) is 3. The highest BCUT2D eigenvalue weighted by Crippen LogP contribution is 2.36. The molecule has 0 fully saturated rings. The molecule has 3 nitrogen and oxygen atoms in total. The molecule has 1 aromatic rings. The Labute approximate surface area is 80.4 Å². The van der Waals surface area contributed by atoms with Gasteiger partial charge in [-0.05, 0) is 6.07 Å². The number of carbonyl (C=O) groups is 1. The Hall–Kier alpha value is -1.58. The van der Waals surface area contributed by atoms with Crippen LogP contribution in [0.2, 0.25) is 0 Å². The molecule has 0 bridgehead atoms. The number of carbonyl (C=O) groups excluding carboxylic acids is 1. The molecular weight excluding hydrogens is 187 g/mol. The van der Waals surface area contributed by atoms with E-state index in [-0.39, 0.29) is 12.4 Å². The normalized spacial score (nSPS) is 18.6. The van der Waals surface area contributed by atoms with Gasteiger partial charge in [0.2, 0.25) is 0 Å². The second kappa shape index (κ2) is 3.29. The summed E-state index contributed by atoms with van der Waals surface area (Å²) in [4.78, 5) is 11.3. The van der Waals surface area contributed by atoms with E-state index >= 15 is 0 Å². The number of esters is 1. The molecule has 74 valence electrons. The highest BCUT2D eigenvalue weighted by atomic mass is 19.1. The Kier molecular flexibility index (Phi) is 2.11. The lowest BCUT2D eigenvalue weighted by Crippen LogP contribution is -2.15. The highest BCUT2D eigenvalue weighted by molar-refractivity contribution is 5.80. The fourth-order valence-electron chi connectivity index (χ4n) is 1.55. The van der Waals surface area contributed by atoms with Crippen molar-refractivity contribution >= 4 is 5.97 Å². The molecule has 0 aliphatic carbocycles. The Balaban J connectivity index is 2.40. The van der Waals surface area contributed by atoms with E-state index in [0.717, 1.165) is 0 Å². The zero-order chi connectivity index (χ0) is 10.1. The van der Waals surface area contributed by atoms with Gasteiger partial charge in [-0.15, -0.1) is 0 Å². The van der Waals surface area contributed by atoms with E-state index in [9.17, 15) is 9.18 Å². The first-order valence-electron chi connectivity index (χ1n) is 4.23. The van der Waals surface area contributed by atoms with Gasteiger partial charge in [0.15, 0.2) is 11.6 Å². The van der Waals surface area contributed by atoms with E-state index in [0.29, 0.717) is 5.56 Å². The highest BCUT2D eigenvalue weighted by Gasteiger charge is 2.32. The van der Waals surface area contributed by atoms with Crippen molar-refractivity contribution in [2.75, 3.05) is 13.7 Å². The van der Waals surface area contributed by atoms with E-state index in [1.165, 1.54) is 13.2 Å². The third-order valence-electron chi connectivity index (χ3n) is 2.25. The van der Waals surface area contributed by atoms with Crippen LogP contribution >= 0.6 is 0 Å². The number of para-hydroxylation sites is 1. The van der Waals surface area contributed by atoms with Crippen molar-refractivity contribution in [3.63, 3.8) is 0 Å². The first kappa shape index (κ1) is 8.99. The van der Waals surface area contributed by atoms with Crippen molar-refractivity contribution in [2.24, 2.45) is 0 Å². The van der Waals surface area contributed by atoms with Crippen molar-refractivity contribution in [1.29, 1.82) is 0 Å². The van der Waals surface area contributed by atoms with Crippen LogP contribution in [0, 0.1) is 5.82 Å². The molecule has 1 atom stereocenters. The molecule has 0 saturated heterocycles. The minimum Gasteiger partial charge on any atom is -0.489 e. The van der Waals surface area contributed by atoms with Crippen molar-refractivity contribution in [3.05, 3.63) is 29.6 Å². The molecule has 0 amide bonds. The molecule has 1 aliphatic rings. The Morgan fingerprint density at radius 2 is 2.43 bits per heavy atom. The molecule has 1 aromatic carbocycles. The maximum absolute atomic E-state index is 13.2. The minimum atomic E-state index is -0.495. The lowest BCUT2D eigenvalue weighted by Gasteiger charge is -2.04. The van der Waals surface area contributed by atoms with Gasteiger partial charge in [-0.2, -0.15) is 0 Å². The molecule has 0 saturated carbocycles. The number of hydrogen-bond donors (Lipinski definition) is 0. The van der Waals surface area contributed by atoms with Crippen LogP contribution in [0.25, 0.3) is 0 Å². The van der Waals surface area contributed by atoms with Gasteiger partial charge < -0.3 is 9.47 Å². The average molecular weight is 196 g/mol. The molecule has 2 rings (SSSR count). The topological polar surface area (TPSA) is 35.5 Å². The van der Waals surface area contributed by atoms with E-state index in [1.807, 2.05) is 0 Å². The van der Waals surface area contributed by atoms with Crippen LogP contribution in [0.3, 0.4) is 0 Å². The largest absolute Gasteiger partial charge is 0.489 e. The van der Waals surface area contributed by atoms with Crippen LogP contribution < -0.4 is 4.74 Å². The molecule has 0 aromatic heterocycles. The second-order valence-corrected chi connectivity index (χ2v) is 3.04. The first-order valence-corrected chi connectivity index (χ1v) is 4.23. The second-order valence-electron chi connectivity index (χ2n) is 3.04. The standard InChI is InChI=1S/C10H9FO3/c1-13-10(12)7-5-14-9-6(7)3-2-4-8(9)11/h2-4,7H,5H2,1H3. The monoisotopic (exact) mass is 196 g/mol. The summed E-state index contributed by atoms with van der Waals surface area (Å²) < 4.78 is 22.8. The average Bonchev–Trinajstić information content (AvgIpc) is 2.62. The van der Waals surface area contributed by atoms with Gasteiger partial charge in [0.1, 0.15) is 12.5 Å². The Bertz CT molecular complexity index is 376. The van der Waals surface area contributed by atoms with Gasteiger partial charge in [-0.25, -0.2) is 4.39 Å². The predicted octanol–water partition coefficient (Wildman–Crippen LogP) is 1.47. The van der Waals surface area contributed by atoms with Crippen LogP contribution in [-0.2, 0) is 9.53 Å². The number of rotatable bonds is 1. The number of fused-ring (bicyclic) bond motifs is 1. The lowest BCUT2D eigenvalue weighted by atomic mass is 10.0. The number of ether oxygens (including phenoxy) is 2. The lowest BCUT2D eigenvalue weighted by molar-refractivity contribution is -0.142. The zero-order valence-corrected chi connectivity index (χ0v) is 7.62. The molecule has 1 unspecified atom stereocenters. The van der Waals surface area contributed by atoms with Crippen LogP contribution in [-0.4, -0.2) is 19.7 Å². The maximum Gasteiger partial charge on any atom is 0.316 e. The molecule has 0 spiro atoms. The Morgan fingerprint density at radius 3 is 3.14 bits per heavy atom. The van der Waals surface area contributed by atoms with Crippen LogP contribution in [0.15, 0.2) is 18.2 Å². The van der Waals surface area contributed by atoms with Crippen molar-refractivity contribution in [3.8, 4) is 5.75 Å². The molecule has 0 N–H and O–H groups in total. The van der Waals surface area contributed by atoms with Crippen LogP contribution in [0.5, 0.6) is 5.75 Å². The summed E-state index contributed by atoms with van der Waals surface area (Å²) in [7, 11) is 1.31. The zero-order valence-electron chi connectivity index (χ0n) is 7.62. The van der Waals surface area contributed by atoms with E-state index in [1.54, 1.807) is 12.1 Å². The first-order chi connectivity index (χ1) is 6.74. The van der Waals surface area contributed by atoms with Crippen molar-refractivity contribution in [2.45, 2.75) is 5.92 Å². The number of halogens is 1. The van der Waals surface area contributed by atoms with Gasteiger partial charge in [-0.3, -0.25) is 4.79 Å². The summed E-state index contributed by atoms with van der Waals surface area (Å²) in [5.74, 6) is -1.16. The van der Waals surface area contributed by atoms with Gasteiger partial charge in [0.25, 0.3) is 0 Å². The predicted molar refractivity (Wildman–Crippen MR) is 46.7 cm³/mol. The van der Waals surface area contributed by atoms with Gasteiger partial charge >= 0.3 is 5.97 Å². The van der Waals surface area contributed by atoms with Crippen LogP contribution in [0.1, 0.15) is 11.5 Å². The fraction of sp³-hybridized carbons (Fsp3) is 0.300. The molecule has 1 heterocycles. The van der Waals surface area contributed by atoms with E-state index in [2.05, 4.69) is 4.74 Å². The molecule has 4 heteroatoms. The Morgan fingerprint density at radius 1 is 1.64 bits per heavy atom. The minimum absolute atomic E-state index is 0.156. The third-order valence-corrected chi connectivity index (χ3v) is 2.25.